The molecule has 0 fully saturated rings. The van der Waals surface area contributed by atoms with Crippen LogP contribution in [0.15, 0.2) is 11.0 Å². The van der Waals surface area contributed by atoms with Gasteiger partial charge in [-0.2, -0.15) is 15.4 Å². The van der Waals surface area contributed by atoms with Crippen LogP contribution in [0.25, 0.3) is 11.5 Å². The van der Waals surface area contributed by atoms with Crippen molar-refractivity contribution in [3.05, 3.63) is 25.8 Å². The molecule has 2 aromatic heterocycles. The van der Waals surface area contributed by atoms with Gasteiger partial charge in [-0.1, -0.05) is 13.3 Å². The first-order valence-electron chi connectivity index (χ1n) is 4.87. The summed E-state index contributed by atoms with van der Waals surface area (Å²) in [6, 6.07) is 0. The van der Waals surface area contributed by atoms with E-state index in [4.69, 9.17) is 0 Å². The van der Waals surface area contributed by atoms with Crippen molar-refractivity contribution in [3.63, 3.8) is 0 Å². The Kier molecular flexibility index (Phi) is 3.32. The summed E-state index contributed by atoms with van der Waals surface area (Å²) in [6.45, 7) is 2.05. The highest BCUT2D eigenvalue weighted by Crippen LogP contribution is 2.12. The number of aromatic amines is 2. The molecule has 0 atom stereocenters. The number of rotatable bonds is 3. The van der Waals surface area contributed by atoms with Crippen LogP contribution in [-0.4, -0.2) is 25.4 Å². The number of aryl methyl sites for hydroxylation is 1. The molecule has 6 nitrogen and oxygen atoms in total. The van der Waals surface area contributed by atoms with Crippen LogP contribution >= 0.6 is 22.6 Å². The van der Waals surface area contributed by atoms with Crippen LogP contribution < -0.4 is 5.56 Å². The third-order valence-corrected chi connectivity index (χ3v) is 3.19. The molecule has 0 bridgehead atoms. The molecule has 0 saturated carbocycles. The lowest BCUT2D eigenvalue weighted by Gasteiger charge is -2.03. The van der Waals surface area contributed by atoms with Gasteiger partial charge in [0.05, 0.1) is 15.5 Å². The molecule has 84 valence electrons. The van der Waals surface area contributed by atoms with Crippen LogP contribution in [0.2, 0.25) is 0 Å². The van der Waals surface area contributed by atoms with Gasteiger partial charge in [0.1, 0.15) is 5.69 Å². The predicted molar refractivity (Wildman–Crippen MR) is 66.9 cm³/mol. The Morgan fingerprint density at radius 1 is 1.50 bits per heavy atom. The third kappa shape index (κ3) is 2.13. The fourth-order valence-electron chi connectivity index (χ4n) is 1.34. The number of aromatic nitrogens is 5. The quantitative estimate of drug-likeness (QED) is 0.825. The van der Waals surface area contributed by atoms with E-state index in [1.165, 1.54) is 6.20 Å². The first-order valence-corrected chi connectivity index (χ1v) is 5.95. The van der Waals surface area contributed by atoms with Crippen molar-refractivity contribution in [2.45, 2.75) is 19.8 Å². The van der Waals surface area contributed by atoms with Gasteiger partial charge in [-0.05, 0) is 29.0 Å². The Morgan fingerprint density at radius 2 is 2.31 bits per heavy atom. The normalized spacial score (nSPS) is 10.6. The van der Waals surface area contributed by atoms with Gasteiger partial charge in [0.25, 0.3) is 5.56 Å². The van der Waals surface area contributed by atoms with Crippen molar-refractivity contribution in [2.75, 3.05) is 0 Å². The van der Waals surface area contributed by atoms with Gasteiger partial charge in [0.15, 0.2) is 5.82 Å². The SMILES string of the molecule is CCCc1nc(-c2cn[nH]n2)[nH]c(=O)c1I. The molecule has 2 N–H and O–H groups in total. The average Bonchev–Trinajstić information content (AvgIpc) is 2.78. The number of H-pyrrole nitrogens is 2. The van der Waals surface area contributed by atoms with Gasteiger partial charge in [-0.3, -0.25) is 4.79 Å². The van der Waals surface area contributed by atoms with Crippen LogP contribution in [0.1, 0.15) is 19.0 Å². The minimum Gasteiger partial charge on any atom is -0.304 e. The third-order valence-electron chi connectivity index (χ3n) is 2.08. The number of hydrogen-bond acceptors (Lipinski definition) is 4. The van der Waals surface area contributed by atoms with E-state index in [1.54, 1.807) is 0 Å². The van der Waals surface area contributed by atoms with Crippen LogP contribution in [-0.2, 0) is 6.42 Å². The number of nitrogens with one attached hydrogen (secondary N) is 2. The van der Waals surface area contributed by atoms with E-state index in [0.29, 0.717) is 15.1 Å². The van der Waals surface area contributed by atoms with Crippen LogP contribution in [0, 0.1) is 3.57 Å². The highest BCUT2D eigenvalue weighted by atomic mass is 127. The van der Waals surface area contributed by atoms with Crippen LogP contribution in [0.3, 0.4) is 0 Å². The molecular weight excluding hydrogens is 321 g/mol. The summed E-state index contributed by atoms with van der Waals surface area (Å²) in [5.74, 6) is 0.461. The second-order valence-electron chi connectivity index (χ2n) is 3.28. The van der Waals surface area contributed by atoms with E-state index < -0.39 is 0 Å². The molecule has 0 aliphatic carbocycles. The Labute approximate surface area is 105 Å². The molecule has 2 aromatic rings. The molecule has 0 unspecified atom stereocenters. The van der Waals surface area contributed by atoms with Crippen molar-refractivity contribution >= 4 is 22.6 Å². The highest BCUT2D eigenvalue weighted by molar-refractivity contribution is 14.1. The first kappa shape index (κ1) is 11.2. The highest BCUT2D eigenvalue weighted by Gasteiger charge is 2.10. The molecule has 0 amide bonds. The lowest BCUT2D eigenvalue weighted by atomic mass is 10.2. The molecule has 7 heteroatoms. The summed E-state index contributed by atoms with van der Waals surface area (Å²) in [5.41, 5.74) is 1.23. The maximum Gasteiger partial charge on any atom is 0.264 e. The lowest BCUT2D eigenvalue weighted by molar-refractivity contribution is 0.857. The van der Waals surface area contributed by atoms with Gasteiger partial charge in [-0.25, -0.2) is 4.98 Å². The Hall–Kier alpha value is -1.25. The summed E-state index contributed by atoms with van der Waals surface area (Å²) in [7, 11) is 0. The number of halogens is 1. The molecule has 0 aliphatic heterocycles. The van der Waals surface area contributed by atoms with Gasteiger partial charge in [-0.15, -0.1) is 0 Å². The van der Waals surface area contributed by atoms with Crippen molar-refractivity contribution in [2.24, 2.45) is 0 Å². The number of nitrogens with zero attached hydrogens (tertiary/aromatic N) is 3. The Balaban J connectivity index is 2.53. The second kappa shape index (κ2) is 4.73. The zero-order chi connectivity index (χ0) is 11.5. The molecule has 0 aromatic carbocycles. The molecule has 2 heterocycles. The molecular formula is C9H10IN5O. The van der Waals surface area contributed by atoms with Crippen molar-refractivity contribution < 1.29 is 0 Å². The van der Waals surface area contributed by atoms with Crippen LogP contribution in [0.5, 0.6) is 0 Å². The number of hydrogen-bond donors (Lipinski definition) is 2. The second-order valence-corrected chi connectivity index (χ2v) is 4.36. The van der Waals surface area contributed by atoms with Gasteiger partial charge in [0, 0.05) is 0 Å². The van der Waals surface area contributed by atoms with E-state index in [2.05, 4.69) is 32.3 Å². The molecule has 16 heavy (non-hydrogen) atoms. The fraction of sp³-hybridized carbons (Fsp3) is 0.333. The largest absolute Gasteiger partial charge is 0.304 e. The summed E-state index contributed by atoms with van der Waals surface area (Å²) in [4.78, 5) is 18.7. The summed E-state index contributed by atoms with van der Waals surface area (Å²) in [6.07, 6.45) is 3.26. The Morgan fingerprint density at radius 3 is 2.94 bits per heavy atom. The Bertz CT molecular complexity index is 533. The van der Waals surface area contributed by atoms with Gasteiger partial charge < -0.3 is 4.98 Å². The predicted octanol–water partition coefficient (Wildman–Crippen LogP) is 1.11. The monoisotopic (exact) mass is 331 g/mol. The molecule has 0 radical (unpaired) electrons. The summed E-state index contributed by atoms with van der Waals surface area (Å²) < 4.78 is 0.645. The van der Waals surface area contributed by atoms with Gasteiger partial charge in [0.2, 0.25) is 0 Å². The lowest BCUT2D eigenvalue weighted by Crippen LogP contribution is -2.16. The van der Waals surface area contributed by atoms with Crippen molar-refractivity contribution in [3.8, 4) is 11.5 Å². The standard InChI is InChI=1S/C9H10IN5O/c1-2-3-5-7(10)9(16)13-8(12-5)6-4-11-15-14-6/h4H,2-3H2,1H3,(H,11,14,15)(H,12,13,16). The van der Waals surface area contributed by atoms with E-state index in [-0.39, 0.29) is 5.56 Å². The van der Waals surface area contributed by atoms with Crippen molar-refractivity contribution in [1.29, 1.82) is 0 Å². The molecule has 0 saturated heterocycles. The van der Waals surface area contributed by atoms with E-state index >= 15 is 0 Å². The first-order chi connectivity index (χ1) is 7.72. The van der Waals surface area contributed by atoms with E-state index in [1.807, 2.05) is 22.6 Å². The van der Waals surface area contributed by atoms with Crippen LogP contribution in [0.4, 0.5) is 0 Å². The molecule has 0 aliphatic rings. The zero-order valence-electron chi connectivity index (χ0n) is 8.62. The smallest absolute Gasteiger partial charge is 0.264 e. The average molecular weight is 331 g/mol. The zero-order valence-corrected chi connectivity index (χ0v) is 10.8. The summed E-state index contributed by atoms with van der Waals surface area (Å²) >= 11 is 2.01. The fourth-order valence-corrected chi connectivity index (χ4v) is 1.87. The van der Waals surface area contributed by atoms with E-state index in [0.717, 1.165) is 18.5 Å². The molecule has 0 spiro atoms. The molecule has 2 rings (SSSR count). The maximum atomic E-state index is 11.7. The minimum atomic E-state index is -0.128. The maximum absolute atomic E-state index is 11.7. The van der Waals surface area contributed by atoms with Gasteiger partial charge >= 0.3 is 0 Å². The summed E-state index contributed by atoms with van der Waals surface area (Å²) in [5, 5.41) is 10.1. The minimum absolute atomic E-state index is 0.128. The topological polar surface area (TPSA) is 87.3 Å². The van der Waals surface area contributed by atoms with E-state index in [9.17, 15) is 4.79 Å². The van der Waals surface area contributed by atoms with Crippen molar-refractivity contribution in [1.82, 2.24) is 25.4 Å².